The van der Waals surface area contributed by atoms with Gasteiger partial charge in [-0.3, -0.25) is 0 Å². The molecule has 5 nitrogen and oxygen atoms in total. The van der Waals surface area contributed by atoms with Crippen molar-refractivity contribution in [3.63, 3.8) is 0 Å². The van der Waals surface area contributed by atoms with Gasteiger partial charge in [-0.15, -0.1) is 0 Å². The first kappa shape index (κ1) is 23.1. The van der Waals surface area contributed by atoms with Gasteiger partial charge in [0.25, 0.3) is 0 Å². The van der Waals surface area contributed by atoms with E-state index in [4.69, 9.17) is 18.6 Å². The van der Waals surface area contributed by atoms with Crippen molar-refractivity contribution in [3.8, 4) is 17.2 Å². The fraction of sp³-hybridized carbons (Fsp3) is 0.625. The maximum atomic E-state index is 12.5. The molecule has 0 N–H and O–H groups in total. The van der Waals surface area contributed by atoms with Gasteiger partial charge >= 0.3 is 5.63 Å². The summed E-state index contributed by atoms with van der Waals surface area (Å²) in [7, 11) is 1.54. The van der Waals surface area contributed by atoms with E-state index in [-0.39, 0.29) is 11.4 Å². The van der Waals surface area contributed by atoms with E-state index in [0.717, 1.165) is 12.8 Å². The van der Waals surface area contributed by atoms with Gasteiger partial charge in [0.05, 0.1) is 19.1 Å². The molecule has 0 saturated carbocycles. The van der Waals surface area contributed by atoms with Crippen LogP contribution < -0.4 is 19.8 Å². The summed E-state index contributed by atoms with van der Waals surface area (Å²) < 4.78 is 22.6. The number of ether oxygens (including phenoxy) is 3. The van der Waals surface area contributed by atoms with Crippen molar-refractivity contribution in [2.45, 2.75) is 84.7 Å². The van der Waals surface area contributed by atoms with Crippen molar-refractivity contribution in [2.75, 3.05) is 13.7 Å². The lowest BCUT2D eigenvalue weighted by Gasteiger charge is -2.21. The summed E-state index contributed by atoms with van der Waals surface area (Å²) in [4.78, 5) is 12.5. The summed E-state index contributed by atoms with van der Waals surface area (Å²) in [6.45, 7) is 8.61. The standard InChI is InChI=1S/C24H36O5/c1-6-7-8-9-10-11-12-13-16-27-22-21(26-5)19-15-14-18(29-24(2,3)4)17-20(19)28-23(22)25/h14-15,17H,6-13,16H2,1-5H3. The first-order valence-corrected chi connectivity index (χ1v) is 10.8. The van der Waals surface area contributed by atoms with Gasteiger partial charge in [-0.25, -0.2) is 4.79 Å². The van der Waals surface area contributed by atoms with Crippen LogP contribution in [0.2, 0.25) is 0 Å². The van der Waals surface area contributed by atoms with Crippen LogP contribution in [0.4, 0.5) is 0 Å². The lowest BCUT2D eigenvalue weighted by molar-refractivity contribution is 0.131. The van der Waals surface area contributed by atoms with Gasteiger partial charge in [-0.2, -0.15) is 0 Å². The number of rotatable bonds is 12. The monoisotopic (exact) mass is 404 g/mol. The number of fused-ring (bicyclic) bond motifs is 1. The molecule has 0 saturated heterocycles. The van der Waals surface area contributed by atoms with Crippen LogP contribution in [0.25, 0.3) is 11.0 Å². The predicted octanol–water partition coefficient (Wildman–Crippen LogP) is 6.50. The maximum Gasteiger partial charge on any atom is 0.383 e. The van der Waals surface area contributed by atoms with Crippen molar-refractivity contribution in [2.24, 2.45) is 0 Å². The molecule has 1 heterocycles. The smallest absolute Gasteiger partial charge is 0.383 e. The highest BCUT2D eigenvalue weighted by Gasteiger charge is 2.19. The molecule has 0 unspecified atom stereocenters. The minimum absolute atomic E-state index is 0.146. The quantitative estimate of drug-likeness (QED) is 0.298. The molecular formula is C24H36O5. The Morgan fingerprint density at radius 1 is 0.931 bits per heavy atom. The average molecular weight is 405 g/mol. The molecule has 0 aliphatic heterocycles. The van der Waals surface area contributed by atoms with E-state index in [9.17, 15) is 4.79 Å². The Balaban J connectivity index is 1.99. The molecule has 0 spiro atoms. The van der Waals surface area contributed by atoms with Gasteiger partial charge < -0.3 is 18.6 Å². The van der Waals surface area contributed by atoms with Gasteiger partial charge in [-0.1, -0.05) is 51.9 Å². The molecule has 0 radical (unpaired) electrons. The highest BCUT2D eigenvalue weighted by molar-refractivity contribution is 5.86. The fourth-order valence-corrected chi connectivity index (χ4v) is 3.29. The molecule has 0 bridgehead atoms. The van der Waals surface area contributed by atoms with E-state index in [2.05, 4.69) is 6.92 Å². The maximum absolute atomic E-state index is 12.5. The number of benzene rings is 1. The third kappa shape index (κ3) is 7.30. The molecule has 162 valence electrons. The summed E-state index contributed by atoms with van der Waals surface area (Å²) in [6, 6.07) is 5.40. The van der Waals surface area contributed by atoms with Crippen molar-refractivity contribution in [1.82, 2.24) is 0 Å². The lowest BCUT2D eigenvalue weighted by atomic mass is 10.1. The minimum Gasteiger partial charge on any atom is -0.492 e. The second-order valence-electron chi connectivity index (χ2n) is 8.45. The largest absolute Gasteiger partial charge is 0.492 e. The normalized spacial score (nSPS) is 11.6. The Kier molecular flexibility index (Phi) is 8.87. The Morgan fingerprint density at radius 3 is 2.21 bits per heavy atom. The zero-order valence-corrected chi connectivity index (χ0v) is 18.6. The van der Waals surface area contributed by atoms with E-state index >= 15 is 0 Å². The van der Waals surface area contributed by atoms with Crippen LogP contribution in [0, 0.1) is 0 Å². The summed E-state index contributed by atoms with van der Waals surface area (Å²) in [5.74, 6) is 1.20. The number of unbranched alkanes of at least 4 members (excludes halogenated alkanes) is 7. The molecule has 0 aliphatic rings. The molecule has 2 rings (SSSR count). The topological polar surface area (TPSA) is 57.9 Å². The zero-order valence-electron chi connectivity index (χ0n) is 18.6. The molecule has 1 aromatic heterocycles. The van der Waals surface area contributed by atoms with Gasteiger partial charge in [0, 0.05) is 6.07 Å². The van der Waals surface area contributed by atoms with Gasteiger partial charge in [0.15, 0.2) is 5.75 Å². The zero-order chi connectivity index (χ0) is 21.3. The Morgan fingerprint density at radius 2 is 1.59 bits per heavy atom. The molecular weight excluding hydrogens is 368 g/mol. The summed E-state index contributed by atoms with van der Waals surface area (Å²) >= 11 is 0. The van der Waals surface area contributed by atoms with Crippen LogP contribution in [0.15, 0.2) is 27.4 Å². The fourth-order valence-electron chi connectivity index (χ4n) is 3.29. The van der Waals surface area contributed by atoms with Crippen LogP contribution in [0.5, 0.6) is 17.2 Å². The highest BCUT2D eigenvalue weighted by atomic mass is 16.5. The molecule has 0 amide bonds. The predicted molar refractivity (Wildman–Crippen MR) is 118 cm³/mol. The van der Waals surface area contributed by atoms with Gasteiger partial charge in [0.1, 0.15) is 16.9 Å². The lowest BCUT2D eigenvalue weighted by Crippen LogP contribution is -2.22. The van der Waals surface area contributed by atoms with E-state index in [1.807, 2.05) is 32.9 Å². The molecule has 0 fully saturated rings. The highest BCUT2D eigenvalue weighted by Crippen LogP contribution is 2.35. The van der Waals surface area contributed by atoms with Crippen LogP contribution in [0.1, 0.15) is 79.1 Å². The van der Waals surface area contributed by atoms with E-state index < -0.39 is 5.63 Å². The SMILES string of the molecule is CCCCCCCCCCOc1c(OC)c2ccc(OC(C)(C)C)cc2oc1=O. The Bertz CT molecular complexity index is 816. The molecule has 5 heteroatoms. The third-order valence-corrected chi connectivity index (χ3v) is 4.66. The molecule has 29 heavy (non-hydrogen) atoms. The average Bonchev–Trinajstić information content (AvgIpc) is 2.65. The number of hydrogen-bond acceptors (Lipinski definition) is 5. The first-order chi connectivity index (χ1) is 13.9. The number of hydrogen-bond donors (Lipinski definition) is 0. The molecule has 2 aromatic rings. The Hall–Kier alpha value is -2.17. The van der Waals surface area contributed by atoms with E-state index in [1.165, 1.54) is 45.6 Å². The second kappa shape index (κ2) is 11.1. The van der Waals surface area contributed by atoms with Crippen molar-refractivity contribution in [3.05, 3.63) is 28.6 Å². The van der Waals surface area contributed by atoms with Crippen LogP contribution in [-0.2, 0) is 0 Å². The van der Waals surface area contributed by atoms with Crippen LogP contribution in [-0.4, -0.2) is 19.3 Å². The molecule has 0 atom stereocenters. The van der Waals surface area contributed by atoms with Crippen molar-refractivity contribution < 1.29 is 18.6 Å². The first-order valence-electron chi connectivity index (χ1n) is 10.8. The van der Waals surface area contributed by atoms with E-state index in [1.54, 1.807) is 6.07 Å². The summed E-state index contributed by atoms with van der Waals surface area (Å²) in [5, 5.41) is 0.694. The second-order valence-corrected chi connectivity index (χ2v) is 8.45. The third-order valence-electron chi connectivity index (χ3n) is 4.66. The van der Waals surface area contributed by atoms with Gasteiger partial charge in [0.2, 0.25) is 5.75 Å². The Labute approximate surface area is 174 Å². The minimum atomic E-state index is -0.526. The summed E-state index contributed by atoms with van der Waals surface area (Å²) in [6.07, 6.45) is 9.70. The number of methoxy groups -OCH3 is 1. The molecule has 1 aromatic carbocycles. The van der Waals surface area contributed by atoms with Crippen LogP contribution >= 0.6 is 0 Å². The van der Waals surface area contributed by atoms with E-state index in [0.29, 0.717) is 29.1 Å². The summed E-state index contributed by atoms with van der Waals surface area (Å²) in [5.41, 5.74) is -0.438. The van der Waals surface area contributed by atoms with Crippen molar-refractivity contribution in [1.29, 1.82) is 0 Å². The van der Waals surface area contributed by atoms with Crippen LogP contribution in [0.3, 0.4) is 0 Å². The van der Waals surface area contributed by atoms with Crippen molar-refractivity contribution >= 4 is 11.0 Å². The molecule has 0 aliphatic carbocycles. The van der Waals surface area contributed by atoms with Gasteiger partial charge in [-0.05, 0) is 39.3 Å².